The van der Waals surface area contributed by atoms with Gasteiger partial charge in [-0.3, -0.25) is 0 Å². The molecule has 70 valence electrons. The zero-order chi connectivity index (χ0) is 8.84. The van der Waals surface area contributed by atoms with Crippen molar-refractivity contribution >= 4 is 0 Å². The lowest BCUT2D eigenvalue weighted by atomic mass is 9.97. The number of furan rings is 1. The van der Waals surface area contributed by atoms with Crippen LogP contribution in [-0.2, 0) is 6.42 Å². The third kappa shape index (κ3) is 1.12. The van der Waals surface area contributed by atoms with E-state index in [9.17, 15) is 0 Å². The summed E-state index contributed by atoms with van der Waals surface area (Å²) >= 11 is 0. The quantitative estimate of drug-likeness (QED) is 0.710. The van der Waals surface area contributed by atoms with Crippen molar-refractivity contribution in [3.63, 3.8) is 0 Å². The van der Waals surface area contributed by atoms with Gasteiger partial charge >= 0.3 is 0 Å². The summed E-state index contributed by atoms with van der Waals surface area (Å²) in [6.07, 6.45) is 4.26. The van der Waals surface area contributed by atoms with E-state index in [-0.39, 0.29) is 0 Å². The van der Waals surface area contributed by atoms with Crippen LogP contribution in [0.5, 0.6) is 0 Å². The smallest absolute Gasteiger partial charge is 0.109 e. The van der Waals surface area contributed by atoms with Crippen molar-refractivity contribution in [1.82, 2.24) is 5.32 Å². The molecule has 0 bridgehead atoms. The van der Waals surface area contributed by atoms with Gasteiger partial charge in [-0.1, -0.05) is 6.92 Å². The highest BCUT2D eigenvalue weighted by Gasteiger charge is 2.42. The van der Waals surface area contributed by atoms with E-state index >= 15 is 0 Å². The van der Waals surface area contributed by atoms with E-state index in [4.69, 9.17) is 4.42 Å². The normalized spacial score (nSPS) is 37.2. The predicted molar refractivity (Wildman–Crippen MR) is 50.4 cm³/mol. The number of hydrogen-bond acceptors (Lipinski definition) is 2. The molecule has 1 aromatic rings. The average molecular weight is 177 g/mol. The first-order valence-electron chi connectivity index (χ1n) is 5.16. The van der Waals surface area contributed by atoms with Crippen molar-refractivity contribution in [2.24, 2.45) is 11.8 Å². The zero-order valence-corrected chi connectivity index (χ0v) is 7.92. The van der Waals surface area contributed by atoms with Crippen molar-refractivity contribution < 1.29 is 4.42 Å². The van der Waals surface area contributed by atoms with Gasteiger partial charge < -0.3 is 9.73 Å². The van der Waals surface area contributed by atoms with E-state index < -0.39 is 0 Å². The number of hydrogen-bond donors (Lipinski definition) is 1. The molecule has 0 spiro atoms. The van der Waals surface area contributed by atoms with Crippen molar-refractivity contribution in [3.05, 3.63) is 23.7 Å². The largest absolute Gasteiger partial charge is 0.469 e. The maximum absolute atomic E-state index is 5.46. The molecule has 0 radical (unpaired) electrons. The van der Waals surface area contributed by atoms with Gasteiger partial charge in [0.15, 0.2) is 0 Å². The van der Waals surface area contributed by atoms with Gasteiger partial charge in [-0.05, 0) is 24.3 Å². The first-order chi connectivity index (χ1) is 6.36. The second-order valence-electron chi connectivity index (χ2n) is 4.36. The van der Waals surface area contributed by atoms with Gasteiger partial charge in [-0.15, -0.1) is 0 Å². The lowest BCUT2D eigenvalue weighted by molar-refractivity contribution is 0.400. The highest BCUT2D eigenvalue weighted by molar-refractivity contribution is 5.26. The van der Waals surface area contributed by atoms with E-state index in [1.165, 1.54) is 17.7 Å². The summed E-state index contributed by atoms with van der Waals surface area (Å²) in [7, 11) is 0. The highest BCUT2D eigenvalue weighted by Crippen LogP contribution is 2.48. The molecular weight excluding hydrogens is 162 g/mol. The highest BCUT2D eigenvalue weighted by atomic mass is 16.3. The summed E-state index contributed by atoms with van der Waals surface area (Å²) < 4.78 is 5.46. The molecule has 1 aromatic heterocycles. The Morgan fingerprint density at radius 1 is 1.54 bits per heavy atom. The zero-order valence-electron chi connectivity index (χ0n) is 7.92. The van der Waals surface area contributed by atoms with Gasteiger partial charge in [-0.25, -0.2) is 0 Å². The minimum atomic E-state index is 0.581. The van der Waals surface area contributed by atoms with E-state index in [0.29, 0.717) is 6.04 Å². The molecule has 0 saturated heterocycles. The van der Waals surface area contributed by atoms with Crippen LogP contribution in [0.15, 0.2) is 16.7 Å². The van der Waals surface area contributed by atoms with Gasteiger partial charge in [0.2, 0.25) is 0 Å². The van der Waals surface area contributed by atoms with Crippen LogP contribution in [0.2, 0.25) is 0 Å². The second kappa shape index (κ2) is 2.61. The Hall–Kier alpha value is -0.760. The van der Waals surface area contributed by atoms with Crippen LogP contribution in [0.25, 0.3) is 0 Å². The van der Waals surface area contributed by atoms with E-state index in [1.54, 1.807) is 0 Å². The molecule has 2 nitrogen and oxygen atoms in total. The molecule has 1 N–H and O–H groups in total. The van der Waals surface area contributed by atoms with Crippen LogP contribution in [-0.4, -0.2) is 6.54 Å². The van der Waals surface area contributed by atoms with Crippen LogP contribution >= 0.6 is 0 Å². The van der Waals surface area contributed by atoms with Crippen LogP contribution in [0.4, 0.5) is 0 Å². The van der Waals surface area contributed by atoms with Crippen LogP contribution in [0, 0.1) is 11.8 Å². The molecule has 1 aliphatic heterocycles. The minimum absolute atomic E-state index is 0.581. The van der Waals surface area contributed by atoms with Crippen molar-refractivity contribution in [2.75, 3.05) is 6.54 Å². The molecule has 2 heteroatoms. The Labute approximate surface area is 78.3 Å². The molecule has 3 rings (SSSR count). The Morgan fingerprint density at radius 2 is 2.38 bits per heavy atom. The first-order valence-corrected chi connectivity index (χ1v) is 5.16. The molecule has 0 aromatic carbocycles. The van der Waals surface area contributed by atoms with Crippen LogP contribution in [0.1, 0.15) is 30.7 Å². The van der Waals surface area contributed by atoms with Crippen LogP contribution < -0.4 is 5.32 Å². The van der Waals surface area contributed by atoms with E-state index in [2.05, 4.69) is 18.3 Å². The van der Waals surface area contributed by atoms with E-state index in [1.807, 2.05) is 6.26 Å². The standard InChI is InChI=1S/C11H15NO/c1-7-6-9(7)11-8-3-5-13-10(8)2-4-12-11/h3,5,7,9,11-12H,2,4,6H2,1H3. The molecule has 2 heterocycles. The monoisotopic (exact) mass is 177 g/mol. The second-order valence-corrected chi connectivity index (χ2v) is 4.36. The molecule has 3 atom stereocenters. The van der Waals surface area contributed by atoms with Crippen molar-refractivity contribution in [2.45, 2.75) is 25.8 Å². The van der Waals surface area contributed by atoms with Gasteiger partial charge in [0, 0.05) is 24.6 Å². The third-order valence-electron chi connectivity index (χ3n) is 3.43. The maximum atomic E-state index is 5.46. The molecule has 0 amide bonds. The summed E-state index contributed by atoms with van der Waals surface area (Å²) in [5.74, 6) is 2.97. The van der Waals surface area contributed by atoms with Crippen molar-refractivity contribution in [3.8, 4) is 0 Å². The average Bonchev–Trinajstić information content (AvgIpc) is 2.66. The van der Waals surface area contributed by atoms with Crippen molar-refractivity contribution in [1.29, 1.82) is 0 Å². The number of nitrogens with one attached hydrogen (secondary N) is 1. The summed E-state index contributed by atoms with van der Waals surface area (Å²) in [6, 6.07) is 2.72. The van der Waals surface area contributed by atoms with Gasteiger partial charge in [-0.2, -0.15) is 0 Å². The van der Waals surface area contributed by atoms with Gasteiger partial charge in [0.1, 0.15) is 5.76 Å². The molecule has 2 aliphatic rings. The Balaban J connectivity index is 1.91. The minimum Gasteiger partial charge on any atom is -0.469 e. The summed E-state index contributed by atoms with van der Waals surface area (Å²) in [5.41, 5.74) is 1.42. The topological polar surface area (TPSA) is 25.2 Å². The summed E-state index contributed by atoms with van der Waals surface area (Å²) in [4.78, 5) is 0. The number of rotatable bonds is 1. The fourth-order valence-corrected chi connectivity index (χ4v) is 2.48. The van der Waals surface area contributed by atoms with Gasteiger partial charge in [0.25, 0.3) is 0 Å². The Morgan fingerprint density at radius 3 is 3.15 bits per heavy atom. The summed E-state index contributed by atoms with van der Waals surface area (Å²) in [6.45, 7) is 3.41. The first kappa shape index (κ1) is 7.63. The molecule has 3 unspecified atom stereocenters. The molecule has 13 heavy (non-hydrogen) atoms. The molecular formula is C11H15NO. The SMILES string of the molecule is CC1CC1C1NCCc2occc21. The molecule has 1 aliphatic carbocycles. The molecule has 1 saturated carbocycles. The fraction of sp³-hybridized carbons (Fsp3) is 0.636. The lowest BCUT2D eigenvalue weighted by Crippen LogP contribution is -2.30. The summed E-state index contributed by atoms with van der Waals surface area (Å²) in [5, 5.41) is 3.59. The van der Waals surface area contributed by atoms with E-state index in [0.717, 1.165) is 24.8 Å². The van der Waals surface area contributed by atoms with Gasteiger partial charge in [0.05, 0.1) is 6.26 Å². The Bertz CT molecular complexity index is 318. The maximum Gasteiger partial charge on any atom is 0.109 e. The fourth-order valence-electron chi connectivity index (χ4n) is 2.48. The molecule has 1 fully saturated rings. The van der Waals surface area contributed by atoms with Crippen LogP contribution in [0.3, 0.4) is 0 Å². The Kier molecular flexibility index (Phi) is 1.53. The third-order valence-corrected chi connectivity index (χ3v) is 3.43. The lowest BCUT2D eigenvalue weighted by Gasteiger charge is -2.23. The number of fused-ring (bicyclic) bond motifs is 1. The predicted octanol–water partition coefficient (Wildman–Crippen LogP) is 2.12.